The first-order chi connectivity index (χ1) is 14.0. The van der Waals surface area contributed by atoms with E-state index < -0.39 is 11.8 Å². The Balaban J connectivity index is 1.99. The standard InChI is InChI=1S/C24H22FNO3/c25-22-17-26(16-19-10-5-2-6-11-19)24(29)21(12-7-13-23(27)28)20(22)15-14-18-8-3-1-4-9-18/h1-6,8-11,14-15,17H,7,12-13,16H2,(H,27,28)/b15-14+. The molecule has 0 spiro atoms. The maximum absolute atomic E-state index is 15.0. The lowest BCUT2D eigenvalue weighted by atomic mass is 10.0. The number of carbonyl (C=O) groups is 1. The summed E-state index contributed by atoms with van der Waals surface area (Å²) in [6.45, 7) is 0.255. The van der Waals surface area contributed by atoms with Crippen LogP contribution < -0.4 is 5.56 Å². The molecule has 0 fully saturated rings. The molecule has 0 saturated carbocycles. The van der Waals surface area contributed by atoms with Crippen molar-refractivity contribution >= 4 is 18.1 Å². The fraction of sp³-hybridized carbons (Fsp3) is 0.167. The van der Waals surface area contributed by atoms with Gasteiger partial charge in [-0.15, -0.1) is 0 Å². The zero-order valence-electron chi connectivity index (χ0n) is 15.9. The molecule has 0 atom stereocenters. The molecule has 148 valence electrons. The Hall–Kier alpha value is -3.47. The van der Waals surface area contributed by atoms with E-state index in [1.54, 1.807) is 12.2 Å². The van der Waals surface area contributed by atoms with Crippen LogP contribution in [-0.4, -0.2) is 15.6 Å². The topological polar surface area (TPSA) is 59.3 Å². The van der Waals surface area contributed by atoms with E-state index in [0.717, 1.165) is 11.1 Å². The summed E-state index contributed by atoms with van der Waals surface area (Å²) >= 11 is 0. The summed E-state index contributed by atoms with van der Waals surface area (Å²) in [7, 11) is 0. The van der Waals surface area contributed by atoms with Gasteiger partial charge >= 0.3 is 5.97 Å². The van der Waals surface area contributed by atoms with Crippen molar-refractivity contribution < 1.29 is 14.3 Å². The number of benzene rings is 2. The van der Waals surface area contributed by atoms with Crippen molar-refractivity contribution in [1.82, 2.24) is 4.57 Å². The zero-order chi connectivity index (χ0) is 20.6. The van der Waals surface area contributed by atoms with Crippen molar-refractivity contribution in [3.8, 4) is 0 Å². The number of pyridine rings is 1. The van der Waals surface area contributed by atoms with Crippen LogP contribution in [0.5, 0.6) is 0 Å². The predicted octanol–water partition coefficient (Wildman–Crippen LogP) is 4.61. The minimum atomic E-state index is -0.938. The van der Waals surface area contributed by atoms with Gasteiger partial charge in [0.1, 0.15) is 5.82 Å². The molecule has 0 unspecified atom stereocenters. The van der Waals surface area contributed by atoms with Gasteiger partial charge in [0.15, 0.2) is 0 Å². The van der Waals surface area contributed by atoms with Crippen LogP contribution in [0.1, 0.15) is 35.1 Å². The van der Waals surface area contributed by atoms with Crippen LogP contribution >= 0.6 is 0 Å². The fourth-order valence-electron chi connectivity index (χ4n) is 3.18. The average molecular weight is 391 g/mol. The van der Waals surface area contributed by atoms with E-state index in [0.29, 0.717) is 5.56 Å². The molecule has 1 N–H and O–H groups in total. The van der Waals surface area contributed by atoms with Crippen LogP contribution in [0.3, 0.4) is 0 Å². The maximum Gasteiger partial charge on any atom is 0.303 e. The van der Waals surface area contributed by atoms with Crippen LogP contribution in [0.25, 0.3) is 12.2 Å². The highest BCUT2D eigenvalue weighted by molar-refractivity contribution is 5.71. The van der Waals surface area contributed by atoms with E-state index in [2.05, 4.69) is 0 Å². The van der Waals surface area contributed by atoms with E-state index >= 15 is 0 Å². The molecule has 0 bridgehead atoms. The summed E-state index contributed by atoms with van der Waals surface area (Å²) in [5.41, 5.74) is 1.99. The highest BCUT2D eigenvalue weighted by Gasteiger charge is 2.15. The van der Waals surface area contributed by atoms with Crippen LogP contribution in [-0.2, 0) is 17.8 Å². The molecule has 2 aromatic carbocycles. The van der Waals surface area contributed by atoms with Crippen LogP contribution in [0.4, 0.5) is 4.39 Å². The molecule has 3 aromatic rings. The van der Waals surface area contributed by atoms with E-state index in [-0.39, 0.29) is 36.9 Å². The minimum Gasteiger partial charge on any atom is -0.481 e. The lowest BCUT2D eigenvalue weighted by Gasteiger charge is -2.13. The summed E-state index contributed by atoms with van der Waals surface area (Å²) in [4.78, 5) is 23.9. The largest absolute Gasteiger partial charge is 0.481 e. The lowest BCUT2D eigenvalue weighted by molar-refractivity contribution is -0.137. The lowest BCUT2D eigenvalue weighted by Crippen LogP contribution is -2.26. The quantitative estimate of drug-likeness (QED) is 0.610. The number of carboxylic acid groups (broad SMARTS) is 1. The molecule has 0 aliphatic carbocycles. The average Bonchev–Trinajstić information content (AvgIpc) is 2.72. The van der Waals surface area contributed by atoms with Gasteiger partial charge in [0.25, 0.3) is 5.56 Å². The third kappa shape index (κ3) is 5.51. The van der Waals surface area contributed by atoms with E-state index in [9.17, 15) is 14.0 Å². The van der Waals surface area contributed by atoms with Gasteiger partial charge in [-0.25, -0.2) is 4.39 Å². The van der Waals surface area contributed by atoms with Crippen molar-refractivity contribution in [1.29, 1.82) is 0 Å². The van der Waals surface area contributed by atoms with Crippen molar-refractivity contribution in [2.24, 2.45) is 0 Å². The molecule has 4 nitrogen and oxygen atoms in total. The van der Waals surface area contributed by atoms with Gasteiger partial charge in [0.05, 0.1) is 6.54 Å². The number of rotatable bonds is 8. The first-order valence-corrected chi connectivity index (χ1v) is 9.45. The monoisotopic (exact) mass is 391 g/mol. The number of hydrogen-bond donors (Lipinski definition) is 1. The highest BCUT2D eigenvalue weighted by atomic mass is 19.1. The minimum absolute atomic E-state index is 0.0729. The third-order valence-electron chi connectivity index (χ3n) is 4.63. The molecule has 5 heteroatoms. The third-order valence-corrected chi connectivity index (χ3v) is 4.63. The summed E-state index contributed by atoms with van der Waals surface area (Å²) in [6, 6.07) is 18.8. The molecular formula is C24H22FNO3. The predicted molar refractivity (Wildman–Crippen MR) is 112 cm³/mol. The molecule has 1 aromatic heterocycles. The van der Waals surface area contributed by atoms with Crippen molar-refractivity contribution in [2.45, 2.75) is 25.8 Å². The summed E-state index contributed by atoms with van der Waals surface area (Å²) in [6.07, 6.45) is 4.96. The molecule has 0 radical (unpaired) electrons. The van der Waals surface area contributed by atoms with E-state index in [1.165, 1.54) is 10.8 Å². The smallest absolute Gasteiger partial charge is 0.303 e. The van der Waals surface area contributed by atoms with Gasteiger partial charge in [-0.2, -0.15) is 0 Å². The molecule has 1 heterocycles. The van der Waals surface area contributed by atoms with Gasteiger partial charge in [0.2, 0.25) is 0 Å². The fourth-order valence-corrected chi connectivity index (χ4v) is 3.18. The van der Waals surface area contributed by atoms with Gasteiger partial charge in [-0.3, -0.25) is 9.59 Å². The van der Waals surface area contributed by atoms with Crippen molar-refractivity contribution in [3.05, 3.63) is 105 Å². The molecule has 3 rings (SSSR count). The van der Waals surface area contributed by atoms with Gasteiger partial charge in [-0.1, -0.05) is 72.8 Å². The highest BCUT2D eigenvalue weighted by Crippen LogP contribution is 2.17. The number of hydrogen-bond acceptors (Lipinski definition) is 2. The Morgan fingerprint density at radius 2 is 1.66 bits per heavy atom. The Morgan fingerprint density at radius 3 is 2.31 bits per heavy atom. The normalized spacial score (nSPS) is 11.1. The Labute approximate surface area is 168 Å². The van der Waals surface area contributed by atoms with Crippen LogP contribution in [0, 0.1) is 5.82 Å². The van der Waals surface area contributed by atoms with E-state index in [4.69, 9.17) is 5.11 Å². The second-order valence-electron chi connectivity index (χ2n) is 6.78. The van der Waals surface area contributed by atoms with Crippen LogP contribution in [0.2, 0.25) is 0 Å². The molecule has 0 aliphatic heterocycles. The first kappa shape index (κ1) is 20.3. The second-order valence-corrected chi connectivity index (χ2v) is 6.78. The second kappa shape index (κ2) is 9.64. The van der Waals surface area contributed by atoms with Gasteiger partial charge in [-0.05, 0) is 24.0 Å². The summed E-state index contributed by atoms with van der Waals surface area (Å²) in [5.74, 6) is -1.44. The number of nitrogens with zero attached hydrogens (tertiary/aromatic N) is 1. The number of aromatic nitrogens is 1. The van der Waals surface area contributed by atoms with E-state index in [1.807, 2.05) is 60.7 Å². The molecule has 0 amide bonds. The Bertz CT molecular complexity index is 1060. The molecule has 0 aliphatic rings. The molecular weight excluding hydrogens is 369 g/mol. The first-order valence-electron chi connectivity index (χ1n) is 9.45. The molecule has 29 heavy (non-hydrogen) atoms. The Morgan fingerprint density at radius 1 is 1.00 bits per heavy atom. The summed E-state index contributed by atoms with van der Waals surface area (Å²) in [5, 5.41) is 8.91. The molecule has 0 saturated heterocycles. The number of aliphatic carboxylic acids is 1. The van der Waals surface area contributed by atoms with Gasteiger partial charge in [0, 0.05) is 23.7 Å². The Kier molecular flexibility index (Phi) is 6.74. The van der Waals surface area contributed by atoms with Crippen LogP contribution in [0.15, 0.2) is 71.7 Å². The van der Waals surface area contributed by atoms with Gasteiger partial charge < -0.3 is 9.67 Å². The zero-order valence-corrected chi connectivity index (χ0v) is 15.9. The van der Waals surface area contributed by atoms with Crippen molar-refractivity contribution in [2.75, 3.05) is 0 Å². The van der Waals surface area contributed by atoms with Crippen molar-refractivity contribution in [3.63, 3.8) is 0 Å². The SMILES string of the molecule is O=C(O)CCCc1c(/C=C/c2ccccc2)c(F)cn(Cc2ccccc2)c1=O. The maximum atomic E-state index is 15.0. The summed E-state index contributed by atoms with van der Waals surface area (Å²) < 4.78 is 16.3. The number of halogens is 1. The number of carboxylic acids is 1.